The monoisotopic (exact) mass is 610 g/mol. The molecule has 3 aromatic rings. The molecule has 9 unspecified atom stereocenters. The normalized spacial score (nSPS) is 30.9. The molecule has 43 heavy (non-hydrogen) atoms. The summed E-state index contributed by atoms with van der Waals surface area (Å²) in [5.74, 6) is -2.17. The summed E-state index contributed by atoms with van der Waals surface area (Å²) in [4.78, 5) is 13.2. The van der Waals surface area contributed by atoms with E-state index in [1.807, 2.05) is 0 Å². The van der Waals surface area contributed by atoms with Crippen molar-refractivity contribution in [1.82, 2.24) is 0 Å². The topological polar surface area (TPSA) is 258 Å². The average molecular weight is 611 g/mol. The maximum atomic E-state index is 13.2. The number of hydrogen-bond donors (Lipinski definition) is 9. The smallest absolute Gasteiger partial charge is 0.239 e. The van der Waals surface area contributed by atoms with Gasteiger partial charge in [0.05, 0.1) is 20.3 Å². The zero-order valence-corrected chi connectivity index (χ0v) is 22.4. The summed E-state index contributed by atoms with van der Waals surface area (Å²) in [5.41, 5.74) is -0.833. The quantitative estimate of drug-likeness (QED) is 0.128. The number of phenols is 3. The van der Waals surface area contributed by atoms with Gasteiger partial charge in [0, 0.05) is 17.7 Å². The van der Waals surface area contributed by atoms with E-state index in [9.17, 15) is 50.8 Å². The molecule has 2 aliphatic heterocycles. The molecule has 2 fully saturated rings. The van der Waals surface area contributed by atoms with E-state index in [-0.39, 0.29) is 33.8 Å². The Hall–Kier alpha value is -3.71. The van der Waals surface area contributed by atoms with Gasteiger partial charge in [-0.25, -0.2) is 0 Å². The van der Waals surface area contributed by atoms with Crippen LogP contribution in [0.25, 0.3) is 22.3 Å². The Morgan fingerprint density at radius 3 is 2.12 bits per heavy atom. The molecular formula is C27H30O16. The van der Waals surface area contributed by atoms with E-state index in [1.165, 1.54) is 25.3 Å². The van der Waals surface area contributed by atoms with Crippen LogP contribution in [0, 0.1) is 0 Å². The summed E-state index contributed by atoms with van der Waals surface area (Å²) in [7, 11) is 1.20. The first-order valence-electron chi connectivity index (χ1n) is 13.0. The molecule has 1 aromatic heterocycles. The molecule has 2 aliphatic rings. The Bertz CT molecular complexity index is 1520. The molecule has 2 saturated heterocycles. The fraction of sp³-hybridized carbons (Fsp3) is 0.444. The van der Waals surface area contributed by atoms with Gasteiger partial charge in [0.1, 0.15) is 65.2 Å². The molecule has 0 radical (unpaired) electrons. The van der Waals surface area contributed by atoms with E-state index in [2.05, 4.69) is 0 Å². The highest BCUT2D eigenvalue weighted by atomic mass is 16.7. The molecule has 16 nitrogen and oxygen atoms in total. The van der Waals surface area contributed by atoms with Gasteiger partial charge in [-0.15, -0.1) is 0 Å². The summed E-state index contributed by atoms with van der Waals surface area (Å²) in [6.07, 6.45) is -13.8. The summed E-state index contributed by atoms with van der Waals surface area (Å²) in [6.45, 7) is -1.11. The van der Waals surface area contributed by atoms with E-state index < -0.39 is 91.2 Å². The first-order chi connectivity index (χ1) is 20.4. The standard InChI is InChI=1S/C27H30O16/c1-38-25-20(34)17-13(31)5-10(6-14(17)41-24(25)9-2-3-11(29)12(30)4-9)40-27-23(37)21(35)19(33)16(43-27)8-39-26-22(36)18(32)15(7-28)42-26/h2-6,15-16,18-19,21-23,26-33,35-37H,7-8H2,1H3. The van der Waals surface area contributed by atoms with E-state index in [0.29, 0.717) is 0 Å². The first kappa shape index (κ1) is 30.7. The molecule has 0 spiro atoms. The number of phenolic OH excluding ortho intramolecular Hbond substituents is 3. The van der Waals surface area contributed by atoms with Gasteiger partial charge in [-0.2, -0.15) is 0 Å². The number of benzene rings is 2. The lowest BCUT2D eigenvalue weighted by atomic mass is 9.99. The third-order valence-electron chi connectivity index (χ3n) is 7.19. The lowest BCUT2D eigenvalue weighted by Crippen LogP contribution is -2.60. The number of aromatic hydroxyl groups is 3. The molecule has 9 atom stereocenters. The van der Waals surface area contributed by atoms with E-state index >= 15 is 0 Å². The number of hydrogen-bond acceptors (Lipinski definition) is 16. The molecule has 16 heteroatoms. The van der Waals surface area contributed by atoms with Crippen molar-refractivity contribution >= 4 is 11.0 Å². The summed E-state index contributed by atoms with van der Waals surface area (Å²) in [5, 5.41) is 90.5. The van der Waals surface area contributed by atoms with Gasteiger partial charge in [0.15, 0.2) is 23.5 Å². The number of ether oxygens (including phenoxy) is 5. The lowest BCUT2D eigenvalue weighted by molar-refractivity contribution is -0.290. The van der Waals surface area contributed by atoms with Gasteiger partial charge in [-0.05, 0) is 18.2 Å². The maximum absolute atomic E-state index is 13.2. The van der Waals surface area contributed by atoms with Crippen LogP contribution in [0.4, 0.5) is 0 Å². The number of fused-ring (bicyclic) bond motifs is 1. The molecule has 3 heterocycles. The molecule has 5 rings (SSSR count). The largest absolute Gasteiger partial charge is 0.507 e. The van der Waals surface area contributed by atoms with Crippen LogP contribution in [0.15, 0.2) is 39.5 Å². The maximum Gasteiger partial charge on any atom is 0.239 e. The Morgan fingerprint density at radius 1 is 0.791 bits per heavy atom. The molecule has 0 saturated carbocycles. The summed E-state index contributed by atoms with van der Waals surface area (Å²) >= 11 is 0. The van der Waals surface area contributed by atoms with Gasteiger partial charge in [-0.1, -0.05) is 0 Å². The van der Waals surface area contributed by atoms with E-state index in [0.717, 1.165) is 12.1 Å². The van der Waals surface area contributed by atoms with Gasteiger partial charge in [0.2, 0.25) is 17.5 Å². The van der Waals surface area contributed by atoms with Gasteiger partial charge < -0.3 is 74.1 Å². The minimum Gasteiger partial charge on any atom is -0.507 e. The van der Waals surface area contributed by atoms with Gasteiger partial charge in [-0.3, -0.25) is 4.79 Å². The van der Waals surface area contributed by atoms with Crippen LogP contribution in [-0.4, -0.2) is 122 Å². The molecule has 0 amide bonds. The average Bonchev–Trinajstić information content (AvgIpc) is 3.25. The Morgan fingerprint density at radius 2 is 1.47 bits per heavy atom. The van der Waals surface area contributed by atoms with Crippen molar-refractivity contribution in [1.29, 1.82) is 0 Å². The second-order valence-electron chi connectivity index (χ2n) is 9.99. The first-order valence-corrected chi connectivity index (χ1v) is 13.0. The zero-order chi connectivity index (χ0) is 31.2. The minimum atomic E-state index is -1.81. The van der Waals surface area contributed by atoms with Crippen LogP contribution in [0.2, 0.25) is 0 Å². The van der Waals surface area contributed by atoms with Gasteiger partial charge >= 0.3 is 0 Å². The van der Waals surface area contributed by atoms with E-state index in [4.69, 9.17) is 28.1 Å². The number of aliphatic hydroxyl groups excluding tert-OH is 6. The zero-order valence-electron chi connectivity index (χ0n) is 22.4. The van der Waals surface area contributed by atoms with Crippen molar-refractivity contribution in [3.05, 3.63) is 40.6 Å². The van der Waals surface area contributed by atoms with Crippen LogP contribution in [0.5, 0.6) is 28.7 Å². The number of methoxy groups -OCH3 is 1. The number of rotatable bonds is 8. The van der Waals surface area contributed by atoms with Crippen molar-refractivity contribution in [3.63, 3.8) is 0 Å². The van der Waals surface area contributed by atoms with Crippen LogP contribution in [0.1, 0.15) is 0 Å². The molecule has 0 aliphatic carbocycles. The second kappa shape index (κ2) is 12.1. The molecule has 2 aromatic carbocycles. The number of aliphatic hydroxyl groups is 6. The fourth-order valence-corrected chi connectivity index (χ4v) is 4.84. The Balaban J connectivity index is 1.41. The molecular weight excluding hydrogens is 580 g/mol. The summed E-state index contributed by atoms with van der Waals surface area (Å²) < 4.78 is 32.8. The van der Waals surface area contributed by atoms with Crippen LogP contribution in [0.3, 0.4) is 0 Å². The predicted molar refractivity (Wildman–Crippen MR) is 140 cm³/mol. The third-order valence-corrected chi connectivity index (χ3v) is 7.19. The highest BCUT2D eigenvalue weighted by molar-refractivity contribution is 5.88. The Labute approximate surface area is 241 Å². The van der Waals surface area contributed by atoms with Crippen LogP contribution < -0.4 is 14.9 Å². The van der Waals surface area contributed by atoms with Crippen LogP contribution in [-0.2, 0) is 14.2 Å². The summed E-state index contributed by atoms with van der Waals surface area (Å²) in [6, 6.07) is 5.84. The van der Waals surface area contributed by atoms with Crippen molar-refractivity contribution < 1.29 is 74.1 Å². The highest BCUT2D eigenvalue weighted by Crippen LogP contribution is 2.39. The molecule has 9 N–H and O–H groups in total. The van der Waals surface area contributed by atoms with E-state index in [1.54, 1.807) is 0 Å². The van der Waals surface area contributed by atoms with Crippen molar-refractivity contribution in [3.8, 4) is 40.1 Å². The predicted octanol–water partition coefficient (Wildman–Crippen LogP) is -1.77. The lowest BCUT2D eigenvalue weighted by Gasteiger charge is -2.40. The van der Waals surface area contributed by atoms with Gasteiger partial charge in [0.25, 0.3) is 0 Å². The SMILES string of the molecule is COc1c(-c2ccc(O)c(O)c2)oc2cc(OC3OC(COC4OC(CO)C(O)C4O)C(O)C(O)C3O)cc(O)c2c1=O. The second-order valence-corrected chi connectivity index (χ2v) is 9.99. The van der Waals surface area contributed by atoms with Crippen LogP contribution >= 0.6 is 0 Å². The fourth-order valence-electron chi connectivity index (χ4n) is 4.84. The minimum absolute atomic E-state index is 0.150. The highest BCUT2D eigenvalue weighted by Gasteiger charge is 2.47. The molecule has 234 valence electrons. The third kappa shape index (κ3) is 5.67. The van der Waals surface area contributed by atoms with Crippen molar-refractivity contribution in [2.45, 2.75) is 55.3 Å². The van der Waals surface area contributed by atoms with Crippen molar-refractivity contribution in [2.24, 2.45) is 0 Å². The molecule has 0 bridgehead atoms. The Kier molecular flexibility index (Phi) is 8.66. The van der Waals surface area contributed by atoms with Crippen molar-refractivity contribution in [2.75, 3.05) is 20.3 Å².